The Morgan fingerprint density at radius 2 is 1.81 bits per heavy atom. The number of aromatic nitrogens is 1. The molecule has 0 spiro atoms. The van der Waals surface area contributed by atoms with Gasteiger partial charge >= 0.3 is 0 Å². The van der Waals surface area contributed by atoms with Crippen molar-refractivity contribution < 1.29 is 19.1 Å². The first kappa shape index (κ1) is 23.1. The third-order valence-electron chi connectivity index (χ3n) is 5.57. The second-order valence-corrected chi connectivity index (χ2v) is 7.82. The summed E-state index contributed by atoms with van der Waals surface area (Å²) in [4.78, 5) is 30.2. The minimum Gasteiger partial charge on any atom is -0.507 e. The highest BCUT2D eigenvalue weighted by Gasteiger charge is 2.16. The van der Waals surface area contributed by atoms with E-state index < -0.39 is 5.82 Å². The topological polar surface area (TPSA) is 70.5 Å². The van der Waals surface area contributed by atoms with Gasteiger partial charge in [0.05, 0.1) is 5.69 Å². The van der Waals surface area contributed by atoms with E-state index in [1.807, 2.05) is 26.0 Å². The number of ketones is 1. The van der Waals surface area contributed by atoms with Crippen molar-refractivity contribution in [1.29, 1.82) is 0 Å². The number of rotatable bonds is 7. The van der Waals surface area contributed by atoms with Crippen LogP contribution in [0, 0.1) is 19.7 Å². The lowest BCUT2D eigenvalue weighted by Crippen LogP contribution is -2.25. The van der Waals surface area contributed by atoms with E-state index in [-0.39, 0.29) is 29.5 Å². The van der Waals surface area contributed by atoms with E-state index in [4.69, 9.17) is 0 Å². The number of Topliss-reactive ketones (excluding diaryl/α,β-unsaturated/α-hetero) is 1. The predicted molar refractivity (Wildman–Crippen MR) is 124 cm³/mol. The standard InChI is InChI=1S/C26H27FN2O3/c1-5-26(32)29(4)23-12-9-19(14-22(23)27)21-11-8-20(15-25(21)31)24(30)13-10-18-7-6-16(2)28-17(18)3/h6-9,11-12,14-15,31H,5,10,13H2,1-4H3. The molecule has 1 N–H and O–H groups in total. The molecule has 0 atom stereocenters. The minimum absolute atomic E-state index is 0.0898. The van der Waals surface area contributed by atoms with Crippen molar-refractivity contribution in [3.8, 4) is 16.9 Å². The fourth-order valence-electron chi connectivity index (χ4n) is 3.64. The molecule has 0 saturated carbocycles. The smallest absolute Gasteiger partial charge is 0.226 e. The molecule has 0 saturated heterocycles. The molecule has 32 heavy (non-hydrogen) atoms. The molecule has 0 fully saturated rings. The van der Waals surface area contributed by atoms with E-state index in [1.54, 1.807) is 25.1 Å². The molecule has 0 aliphatic heterocycles. The van der Waals surface area contributed by atoms with Gasteiger partial charge in [0.2, 0.25) is 5.91 Å². The summed E-state index contributed by atoms with van der Waals surface area (Å²) in [6, 6.07) is 13.0. The van der Waals surface area contributed by atoms with Crippen LogP contribution < -0.4 is 4.90 Å². The molecule has 0 aliphatic carbocycles. The van der Waals surface area contributed by atoms with Gasteiger partial charge in [0, 0.05) is 42.4 Å². The van der Waals surface area contributed by atoms with Crippen LogP contribution in [0.1, 0.15) is 47.1 Å². The molecule has 166 valence electrons. The van der Waals surface area contributed by atoms with Crippen LogP contribution >= 0.6 is 0 Å². The van der Waals surface area contributed by atoms with E-state index in [9.17, 15) is 19.1 Å². The molecule has 2 aromatic carbocycles. The minimum atomic E-state index is -0.562. The zero-order valence-electron chi connectivity index (χ0n) is 18.8. The number of hydrogen-bond acceptors (Lipinski definition) is 4. The van der Waals surface area contributed by atoms with Crippen LogP contribution in [-0.2, 0) is 11.2 Å². The quantitative estimate of drug-likeness (QED) is 0.506. The molecule has 0 bridgehead atoms. The molecule has 0 aliphatic rings. The maximum absolute atomic E-state index is 14.6. The van der Waals surface area contributed by atoms with Gasteiger partial charge in [-0.3, -0.25) is 14.6 Å². The second kappa shape index (κ2) is 9.73. The number of benzene rings is 2. The van der Waals surface area contributed by atoms with Crippen LogP contribution in [0.2, 0.25) is 0 Å². The molecular formula is C26H27FN2O3. The summed E-state index contributed by atoms with van der Waals surface area (Å²) in [6.07, 6.45) is 1.14. The molecule has 6 heteroatoms. The first-order chi connectivity index (χ1) is 15.2. The lowest BCUT2D eigenvalue weighted by Gasteiger charge is -2.18. The Hall–Kier alpha value is -3.54. The number of aromatic hydroxyl groups is 1. The van der Waals surface area contributed by atoms with Crippen LogP contribution in [0.3, 0.4) is 0 Å². The van der Waals surface area contributed by atoms with Crippen LogP contribution in [0.15, 0.2) is 48.5 Å². The van der Waals surface area contributed by atoms with Crippen molar-refractivity contribution in [3.05, 3.63) is 76.9 Å². The summed E-state index contributed by atoms with van der Waals surface area (Å²) in [5.74, 6) is -0.949. The number of phenols is 1. The monoisotopic (exact) mass is 434 g/mol. The number of carbonyl (C=O) groups is 2. The summed E-state index contributed by atoms with van der Waals surface area (Å²) >= 11 is 0. The van der Waals surface area contributed by atoms with Crippen molar-refractivity contribution in [2.75, 3.05) is 11.9 Å². The number of hydrogen-bond donors (Lipinski definition) is 1. The van der Waals surface area contributed by atoms with Crippen molar-refractivity contribution in [2.45, 2.75) is 40.0 Å². The average molecular weight is 435 g/mol. The van der Waals surface area contributed by atoms with Crippen LogP contribution in [0.4, 0.5) is 10.1 Å². The van der Waals surface area contributed by atoms with Gasteiger partial charge in [-0.1, -0.05) is 25.1 Å². The van der Waals surface area contributed by atoms with Crippen molar-refractivity contribution >= 4 is 17.4 Å². The second-order valence-electron chi connectivity index (χ2n) is 7.82. The van der Waals surface area contributed by atoms with Crippen LogP contribution in [0.5, 0.6) is 5.75 Å². The van der Waals surface area contributed by atoms with Crippen LogP contribution in [-0.4, -0.2) is 28.8 Å². The van der Waals surface area contributed by atoms with Crippen molar-refractivity contribution in [3.63, 3.8) is 0 Å². The van der Waals surface area contributed by atoms with E-state index >= 15 is 0 Å². The first-order valence-corrected chi connectivity index (χ1v) is 10.6. The number of pyridine rings is 1. The van der Waals surface area contributed by atoms with Crippen molar-refractivity contribution in [1.82, 2.24) is 4.98 Å². The largest absolute Gasteiger partial charge is 0.507 e. The number of halogens is 1. The van der Waals surface area contributed by atoms with Gasteiger partial charge in [-0.15, -0.1) is 0 Å². The summed E-state index contributed by atoms with van der Waals surface area (Å²) in [7, 11) is 1.52. The van der Waals surface area contributed by atoms with E-state index in [0.29, 0.717) is 29.5 Å². The molecule has 3 rings (SSSR count). The Bertz CT molecular complexity index is 1170. The fraction of sp³-hybridized carbons (Fsp3) is 0.269. The van der Waals surface area contributed by atoms with Gasteiger partial charge in [0.25, 0.3) is 0 Å². The van der Waals surface area contributed by atoms with Gasteiger partial charge < -0.3 is 10.0 Å². The zero-order chi connectivity index (χ0) is 23.4. The Morgan fingerprint density at radius 1 is 1.06 bits per heavy atom. The molecule has 0 unspecified atom stereocenters. The van der Waals surface area contributed by atoms with Crippen LogP contribution in [0.25, 0.3) is 11.1 Å². The molecule has 5 nitrogen and oxygen atoms in total. The SMILES string of the molecule is CCC(=O)N(C)c1ccc(-c2ccc(C(=O)CCc3ccc(C)nc3C)cc2O)cc1F. The highest BCUT2D eigenvalue weighted by molar-refractivity contribution is 5.97. The number of anilines is 1. The Kier molecular flexibility index (Phi) is 7.03. The Labute approximate surface area is 187 Å². The summed E-state index contributed by atoms with van der Waals surface area (Å²) in [5, 5.41) is 10.5. The Morgan fingerprint density at radius 3 is 2.44 bits per heavy atom. The van der Waals surface area contributed by atoms with Gasteiger partial charge in [0.15, 0.2) is 5.78 Å². The van der Waals surface area contributed by atoms with E-state index in [2.05, 4.69) is 4.98 Å². The molecule has 1 aromatic heterocycles. The lowest BCUT2D eigenvalue weighted by atomic mass is 9.98. The summed E-state index contributed by atoms with van der Waals surface area (Å²) < 4.78 is 14.6. The number of nitrogens with zero attached hydrogens (tertiary/aromatic N) is 2. The van der Waals surface area contributed by atoms with Gasteiger partial charge in [0.1, 0.15) is 11.6 Å². The third kappa shape index (κ3) is 5.02. The third-order valence-corrected chi connectivity index (χ3v) is 5.57. The predicted octanol–water partition coefficient (Wildman–Crippen LogP) is 5.40. The van der Waals surface area contributed by atoms with E-state index in [1.165, 1.54) is 30.1 Å². The number of carbonyl (C=O) groups excluding carboxylic acids is 2. The first-order valence-electron chi connectivity index (χ1n) is 10.6. The molecule has 0 radical (unpaired) electrons. The van der Waals surface area contributed by atoms with Gasteiger partial charge in [-0.25, -0.2) is 4.39 Å². The lowest BCUT2D eigenvalue weighted by molar-refractivity contribution is -0.118. The summed E-state index contributed by atoms with van der Waals surface area (Å²) in [5.41, 5.74) is 4.31. The highest BCUT2D eigenvalue weighted by atomic mass is 19.1. The zero-order valence-corrected chi connectivity index (χ0v) is 18.8. The van der Waals surface area contributed by atoms with E-state index in [0.717, 1.165) is 17.0 Å². The van der Waals surface area contributed by atoms with Crippen molar-refractivity contribution in [2.24, 2.45) is 0 Å². The normalized spacial score (nSPS) is 10.8. The fourth-order valence-corrected chi connectivity index (χ4v) is 3.64. The average Bonchev–Trinajstić information content (AvgIpc) is 2.77. The van der Waals surface area contributed by atoms with Gasteiger partial charge in [-0.2, -0.15) is 0 Å². The molecule has 1 heterocycles. The number of phenolic OH excluding ortho intramolecular Hbond substituents is 1. The van der Waals surface area contributed by atoms with Gasteiger partial charge in [-0.05, 0) is 61.7 Å². The number of aryl methyl sites for hydroxylation is 3. The maximum Gasteiger partial charge on any atom is 0.226 e. The highest BCUT2D eigenvalue weighted by Crippen LogP contribution is 2.33. The molecular weight excluding hydrogens is 407 g/mol. The molecule has 3 aromatic rings. The molecule has 1 amide bonds. The number of amides is 1. The summed E-state index contributed by atoms with van der Waals surface area (Å²) in [6.45, 7) is 5.56. The Balaban J connectivity index is 1.76. The maximum atomic E-state index is 14.6.